The first kappa shape index (κ1) is 20.0. The van der Waals surface area contributed by atoms with Gasteiger partial charge in [-0.2, -0.15) is 0 Å². The summed E-state index contributed by atoms with van der Waals surface area (Å²) in [5.74, 6) is -0.277. The molecule has 8 heteroatoms. The summed E-state index contributed by atoms with van der Waals surface area (Å²) in [5.41, 5.74) is 2.18. The minimum absolute atomic E-state index is 0.219. The zero-order valence-corrected chi connectivity index (χ0v) is 17.3. The molecule has 0 saturated carbocycles. The number of hydrogen-bond acceptors (Lipinski definition) is 5. The van der Waals surface area contributed by atoms with Gasteiger partial charge in [-0.05, 0) is 60.6 Å². The van der Waals surface area contributed by atoms with Crippen LogP contribution in [0.1, 0.15) is 21.7 Å². The molecular formula is C22H15ClN2O4S. The van der Waals surface area contributed by atoms with E-state index in [-0.39, 0.29) is 11.5 Å². The van der Waals surface area contributed by atoms with E-state index in [1.54, 1.807) is 67.6 Å². The molecule has 1 aliphatic rings. The smallest absolute Gasteiger partial charge is 0.335 e. The average Bonchev–Trinajstić information content (AvgIpc) is 3.29. The molecule has 4 rings (SSSR count). The summed E-state index contributed by atoms with van der Waals surface area (Å²) in [6.45, 7) is 1.74. The number of halogens is 1. The Morgan fingerprint density at radius 3 is 2.80 bits per heavy atom. The van der Waals surface area contributed by atoms with Gasteiger partial charge in [0.05, 0.1) is 16.2 Å². The quantitative estimate of drug-likeness (QED) is 0.525. The van der Waals surface area contributed by atoms with Crippen molar-refractivity contribution in [2.75, 3.05) is 0 Å². The first-order valence-corrected chi connectivity index (χ1v) is 10.1. The van der Waals surface area contributed by atoms with E-state index in [1.165, 1.54) is 11.8 Å². The lowest BCUT2D eigenvalue weighted by atomic mass is 10.0. The highest BCUT2D eigenvalue weighted by molar-refractivity contribution is 8.18. The molecule has 0 spiro atoms. The number of nitrogens with zero attached hydrogens (tertiary/aromatic N) is 1. The van der Waals surface area contributed by atoms with Crippen LogP contribution in [0.4, 0.5) is 5.69 Å². The molecular weight excluding hydrogens is 424 g/mol. The largest absolute Gasteiger partial charge is 0.478 e. The number of hydrogen-bond donors (Lipinski definition) is 2. The van der Waals surface area contributed by atoms with Crippen molar-refractivity contribution in [3.8, 4) is 11.3 Å². The van der Waals surface area contributed by atoms with Crippen LogP contribution in [0.25, 0.3) is 17.4 Å². The van der Waals surface area contributed by atoms with Gasteiger partial charge in [0, 0.05) is 16.7 Å². The minimum Gasteiger partial charge on any atom is -0.478 e. The second-order valence-electron chi connectivity index (χ2n) is 6.50. The van der Waals surface area contributed by atoms with Crippen LogP contribution in [-0.2, 0) is 4.79 Å². The van der Waals surface area contributed by atoms with E-state index < -0.39 is 5.97 Å². The van der Waals surface area contributed by atoms with E-state index in [9.17, 15) is 14.7 Å². The van der Waals surface area contributed by atoms with Crippen molar-refractivity contribution in [3.05, 3.63) is 81.4 Å². The maximum absolute atomic E-state index is 12.3. The van der Waals surface area contributed by atoms with Gasteiger partial charge in [-0.3, -0.25) is 4.79 Å². The summed E-state index contributed by atoms with van der Waals surface area (Å²) in [4.78, 5) is 28.4. The number of carbonyl (C=O) groups is 2. The maximum Gasteiger partial charge on any atom is 0.335 e. The number of aryl methyl sites for hydroxylation is 1. The van der Waals surface area contributed by atoms with Crippen molar-refractivity contribution in [3.63, 3.8) is 0 Å². The Balaban J connectivity index is 1.56. The van der Waals surface area contributed by atoms with Crippen LogP contribution in [0, 0.1) is 6.92 Å². The van der Waals surface area contributed by atoms with Crippen molar-refractivity contribution >= 4 is 52.2 Å². The van der Waals surface area contributed by atoms with Crippen molar-refractivity contribution in [2.24, 2.45) is 4.99 Å². The van der Waals surface area contributed by atoms with Crippen LogP contribution in [0.3, 0.4) is 0 Å². The fraction of sp³-hybridized carbons (Fsp3) is 0.0455. The lowest BCUT2D eigenvalue weighted by Gasteiger charge is -2.03. The normalized spacial score (nSPS) is 16.3. The first-order chi connectivity index (χ1) is 14.4. The van der Waals surface area contributed by atoms with Crippen LogP contribution < -0.4 is 5.32 Å². The highest BCUT2D eigenvalue weighted by atomic mass is 35.5. The molecule has 3 aromatic rings. The van der Waals surface area contributed by atoms with Gasteiger partial charge in [0.15, 0.2) is 5.17 Å². The van der Waals surface area contributed by atoms with Crippen LogP contribution in [0.5, 0.6) is 0 Å². The lowest BCUT2D eigenvalue weighted by Crippen LogP contribution is -2.19. The van der Waals surface area contributed by atoms with Crippen molar-refractivity contribution in [1.29, 1.82) is 0 Å². The molecule has 1 aromatic heterocycles. The van der Waals surface area contributed by atoms with Crippen molar-refractivity contribution < 1.29 is 19.1 Å². The van der Waals surface area contributed by atoms with E-state index >= 15 is 0 Å². The van der Waals surface area contributed by atoms with Crippen LogP contribution in [0.2, 0.25) is 5.02 Å². The number of amides is 1. The van der Waals surface area contributed by atoms with Gasteiger partial charge >= 0.3 is 5.97 Å². The molecule has 2 N–H and O–H groups in total. The predicted octanol–water partition coefficient (Wildman–Crippen LogP) is 5.50. The molecule has 30 heavy (non-hydrogen) atoms. The third-order valence-corrected chi connectivity index (χ3v) is 5.49. The monoisotopic (exact) mass is 438 g/mol. The molecule has 0 atom stereocenters. The Labute approximate surface area is 181 Å². The molecule has 0 bridgehead atoms. The third kappa shape index (κ3) is 4.32. The second-order valence-corrected chi connectivity index (χ2v) is 7.97. The molecule has 0 aliphatic carbocycles. The van der Waals surface area contributed by atoms with Gasteiger partial charge in [0.2, 0.25) is 0 Å². The Kier molecular flexibility index (Phi) is 5.48. The fourth-order valence-corrected chi connectivity index (χ4v) is 3.87. The summed E-state index contributed by atoms with van der Waals surface area (Å²) in [7, 11) is 0. The van der Waals surface area contributed by atoms with E-state index in [2.05, 4.69) is 10.3 Å². The minimum atomic E-state index is -0.992. The summed E-state index contributed by atoms with van der Waals surface area (Å²) in [5, 5.41) is 13.0. The van der Waals surface area contributed by atoms with Gasteiger partial charge in [0.25, 0.3) is 5.91 Å². The zero-order chi connectivity index (χ0) is 21.3. The number of aliphatic imine (C=N–C) groups is 1. The SMILES string of the molecule is Cc1ccc(-c2ccc(/C=C3\SC(=Nc4cccc(Cl)c4)NC3=O)o2)cc1C(=O)O. The van der Waals surface area contributed by atoms with Crippen molar-refractivity contribution in [2.45, 2.75) is 6.92 Å². The van der Waals surface area contributed by atoms with Gasteiger partial charge in [-0.1, -0.05) is 29.8 Å². The van der Waals surface area contributed by atoms with Gasteiger partial charge in [0.1, 0.15) is 11.5 Å². The summed E-state index contributed by atoms with van der Waals surface area (Å²) < 4.78 is 5.80. The fourth-order valence-electron chi connectivity index (χ4n) is 2.86. The molecule has 150 valence electrons. The predicted molar refractivity (Wildman–Crippen MR) is 118 cm³/mol. The topological polar surface area (TPSA) is 91.9 Å². The van der Waals surface area contributed by atoms with E-state index in [0.717, 1.165) is 0 Å². The van der Waals surface area contributed by atoms with E-state index in [1.807, 2.05) is 0 Å². The average molecular weight is 439 g/mol. The Morgan fingerprint density at radius 2 is 2.03 bits per heavy atom. The van der Waals surface area contributed by atoms with Crippen LogP contribution >= 0.6 is 23.4 Å². The highest BCUT2D eigenvalue weighted by Crippen LogP contribution is 2.31. The van der Waals surface area contributed by atoms with Crippen LogP contribution in [0.15, 0.2) is 68.9 Å². The number of benzene rings is 2. The number of furan rings is 1. The molecule has 1 aliphatic heterocycles. The molecule has 2 heterocycles. The Bertz CT molecular complexity index is 1230. The number of rotatable bonds is 4. The summed E-state index contributed by atoms with van der Waals surface area (Å²) >= 11 is 7.16. The Morgan fingerprint density at radius 1 is 1.20 bits per heavy atom. The standard InChI is InChI=1S/C22H15ClN2O4S/c1-12-5-6-13(9-17(12)21(27)28)18-8-7-16(29-18)11-19-20(26)25-22(30-19)24-15-4-2-3-14(23)10-15/h2-11H,1H3,(H,27,28)(H,24,25,26)/b19-11-. The Hall–Kier alpha value is -3.29. The zero-order valence-electron chi connectivity index (χ0n) is 15.7. The number of nitrogens with one attached hydrogen (secondary N) is 1. The molecule has 2 aromatic carbocycles. The van der Waals surface area contributed by atoms with E-state index in [4.69, 9.17) is 16.0 Å². The molecule has 6 nitrogen and oxygen atoms in total. The molecule has 1 amide bonds. The lowest BCUT2D eigenvalue weighted by molar-refractivity contribution is -0.115. The van der Waals surface area contributed by atoms with E-state index in [0.29, 0.717) is 43.4 Å². The molecule has 0 radical (unpaired) electrons. The third-order valence-electron chi connectivity index (χ3n) is 4.34. The summed E-state index contributed by atoms with van der Waals surface area (Å²) in [6.07, 6.45) is 1.62. The molecule has 1 fully saturated rings. The highest BCUT2D eigenvalue weighted by Gasteiger charge is 2.24. The number of carboxylic acids is 1. The molecule has 0 unspecified atom stereocenters. The van der Waals surface area contributed by atoms with Gasteiger partial charge in [-0.25, -0.2) is 9.79 Å². The number of carbonyl (C=O) groups excluding carboxylic acids is 1. The maximum atomic E-state index is 12.3. The summed E-state index contributed by atoms with van der Waals surface area (Å²) in [6, 6.07) is 15.6. The first-order valence-electron chi connectivity index (χ1n) is 8.88. The number of amidine groups is 1. The molecule has 1 saturated heterocycles. The van der Waals surface area contributed by atoms with Gasteiger partial charge < -0.3 is 14.8 Å². The van der Waals surface area contributed by atoms with Crippen LogP contribution in [-0.4, -0.2) is 22.2 Å². The number of aromatic carboxylic acids is 1. The number of thioether (sulfide) groups is 1. The number of carboxylic acid groups (broad SMARTS) is 1. The second kappa shape index (κ2) is 8.22. The van der Waals surface area contributed by atoms with Gasteiger partial charge in [-0.15, -0.1) is 0 Å². The van der Waals surface area contributed by atoms with Crippen molar-refractivity contribution in [1.82, 2.24) is 5.32 Å².